The lowest BCUT2D eigenvalue weighted by atomic mass is 9.94. The Morgan fingerprint density at radius 3 is 2.40 bits per heavy atom. The van der Waals surface area contributed by atoms with Crippen molar-refractivity contribution in [1.29, 1.82) is 0 Å². The van der Waals surface area contributed by atoms with Gasteiger partial charge in [-0.05, 0) is 46.3 Å². The predicted octanol–water partition coefficient (Wildman–Crippen LogP) is 5.14. The molecule has 1 atom stereocenters. The summed E-state index contributed by atoms with van der Waals surface area (Å²) in [5, 5.41) is 5.73. The van der Waals surface area contributed by atoms with Gasteiger partial charge in [-0.3, -0.25) is 0 Å². The molecule has 3 heteroatoms. The maximum atomic E-state index is 3.65. The van der Waals surface area contributed by atoms with Gasteiger partial charge in [-0.1, -0.05) is 43.7 Å². The van der Waals surface area contributed by atoms with Crippen molar-refractivity contribution in [3.8, 4) is 0 Å². The summed E-state index contributed by atoms with van der Waals surface area (Å²) in [6.07, 6.45) is 1.08. The molecule has 0 saturated heterocycles. The summed E-state index contributed by atoms with van der Waals surface area (Å²) >= 11 is 5.48. The Morgan fingerprint density at radius 1 is 1.15 bits per heavy atom. The van der Waals surface area contributed by atoms with Gasteiger partial charge in [-0.2, -0.15) is 0 Å². The summed E-state index contributed by atoms with van der Waals surface area (Å²) in [6, 6.07) is 11.6. The normalized spacial score (nSPS) is 12.8. The zero-order valence-electron chi connectivity index (χ0n) is 12.3. The summed E-state index contributed by atoms with van der Waals surface area (Å²) in [7, 11) is 0. The van der Waals surface area contributed by atoms with Crippen molar-refractivity contribution in [1.82, 2.24) is 5.32 Å². The van der Waals surface area contributed by atoms with Crippen LogP contribution < -0.4 is 5.32 Å². The highest BCUT2D eigenvalue weighted by atomic mass is 79.9. The van der Waals surface area contributed by atoms with Crippen LogP contribution in [0.5, 0.6) is 0 Å². The average Bonchev–Trinajstić information content (AvgIpc) is 2.81. The molecule has 0 bridgehead atoms. The van der Waals surface area contributed by atoms with E-state index in [9.17, 15) is 0 Å². The lowest BCUT2D eigenvalue weighted by Gasteiger charge is -2.20. The molecule has 1 aromatic carbocycles. The molecule has 0 saturated carbocycles. The molecule has 1 unspecified atom stereocenters. The van der Waals surface area contributed by atoms with E-state index in [-0.39, 0.29) is 0 Å². The van der Waals surface area contributed by atoms with Crippen LogP contribution in [0.25, 0.3) is 0 Å². The van der Waals surface area contributed by atoms with E-state index < -0.39 is 0 Å². The molecule has 1 nitrogen and oxygen atoms in total. The molecular weight excluding hydrogens is 330 g/mol. The Labute approximate surface area is 134 Å². The van der Waals surface area contributed by atoms with Gasteiger partial charge in [0, 0.05) is 27.9 Å². The largest absolute Gasteiger partial charge is 0.314 e. The molecule has 2 aromatic rings. The van der Waals surface area contributed by atoms with Gasteiger partial charge in [0.2, 0.25) is 0 Å². The highest BCUT2D eigenvalue weighted by molar-refractivity contribution is 9.10. The molecule has 20 heavy (non-hydrogen) atoms. The van der Waals surface area contributed by atoms with Crippen molar-refractivity contribution in [2.45, 2.75) is 39.2 Å². The van der Waals surface area contributed by atoms with E-state index >= 15 is 0 Å². The first kappa shape index (κ1) is 15.7. The van der Waals surface area contributed by atoms with Crippen LogP contribution in [-0.2, 0) is 6.42 Å². The van der Waals surface area contributed by atoms with Crippen LogP contribution in [0, 0.1) is 6.92 Å². The highest BCUT2D eigenvalue weighted by Gasteiger charge is 2.15. The van der Waals surface area contributed by atoms with Crippen LogP contribution in [0.2, 0.25) is 0 Å². The fourth-order valence-electron chi connectivity index (χ4n) is 2.22. The van der Waals surface area contributed by atoms with Crippen molar-refractivity contribution in [2.75, 3.05) is 6.54 Å². The molecule has 1 aromatic heterocycles. The quantitative estimate of drug-likeness (QED) is 0.759. The Balaban J connectivity index is 2.15. The smallest absolute Gasteiger partial charge is 0.0314 e. The first-order valence-corrected chi connectivity index (χ1v) is 8.75. The monoisotopic (exact) mass is 351 g/mol. The lowest BCUT2D eigenvalue weighted by molar-refractivity contribution is 0.528. The van der Waals surface area contributed by atoms with Crippen LogP contribution in [0.15, 0.2) is 40.2 Å². The van der Waals surface area contributed by atoms with Gasteiger partial charge in [0.15, 0.2) is 0 Å². The van der Waals surface area contributed by atoms with Crippen molar-refractivity contribution >= 4 is 27.3 Å². The highest BCUT2D eigenvalue weighted by Crippen LogP contribution is 2.29. The van der Waals surface area contributed by atoms with E-state index in [2.05, 4.69) is 77.7 Å². The second-order valence-corrected chi connectivity index (χ2v) is 7.42. The zero-order valence-corrected chi connectivity index (χ0v) is 14.7. The number of benzene rings is 1. The van der Waals surface area contributed by atoms with Crippen LogP contribution >= 0.6 is 27.3 Å². The van der Waals surface area contributed by atoms with Gasteiger partial charge in [-0.15, -0.1) is 11.3 Å². The molecule has 2 rings (SSSR count). The van der Waals surface area contributed by atoms with E-state index in [1.807, 2.05) is 11.3 Å². The fraction of sp³-hybridized carbons (Fsp3) is 0.412. The first-order valence-electron chi connectivity index (χ1n) is 7.08. The fourth-order valence-corrected chi connectivity index (χ4v) is 3.81. The molecule has 108 valence electrons. The summed E-state index contributed by atoms with van der Waals surface area (Å²) in [5.41, 5.74) is 2.74. The molecule has 1 N–H and O–H groups in total. The van der Waals surface area contributed by atoms with E-state index in [4.69, 9.17) is 0 Å². The summed E-state index contributed by atoms with van der Waals surface area (Å²) < 4.78 is 1.24. The summed E-state index contributed by atoms with van der Waals surface area (Å²) in [6.45, 7) is 7.56. The standard InChI is InChI=1S/C17H22BrNS/c1-12(2)19-11-15(10-17-16(18)8-9-20-17)14-6-4-13(3)5-7-14/h4-9,12,15,19H,10-11H2,1-3H3. The van der Waals surface area contributed by atoms with E-state index in [0.717, 1.165) is 13.0 Å². The maximum absolute atomic E-state index is 3.65. The minimum atomic E-state index is 0.521. The van der Waals surface area contributed by atoms with Crippen LogP contribution in [0.1, 0.15) is 35.8 Å². The Morgan fingerprint density at radius 2 is 1.85 bits per heavy atom. The molecule has 0 aliphatic heterocycles. The van der Waals surface area contributed by atoms with E-state index in [1.54, 1.807) is 0 Å². The second-order valence-electron chi connectivity index (χ2n) is 5.57. The van der Waals surface area contributed by atoms with Crippen LogP contribution in [0.3, 0.4) is 0 Å². The SMILES string of the molecule is Cc1ccc(C(CNC(C)C)Cc2sccc2Br)cc1. The van der Waals surface area contributed by atoms with Gasteiger partial charge >= 0.3 is 0 Å². The molecular formula is C17H22BrNS. The minimum absolute atomic E-state index is 0.521. The number of hydrogen-bond acceptors (Lipinski definition) is 2. The van der Waals surface area contributed by atoms with Gasteiger partial charge in [-0.25, -0.2) is 0 Å². The average molecular weight is 352 g/mol. The first-order chi connectivity index (χ1) is 9.56. The number of hydrogen-bond donors (Lipinski definition) is 1. The summed E-state index contributed by atoms with van der Waals surface area (Å²) in [5.74, 6) is 0.521. The van der Waals surface area contributed by atoms with Crippen molar-refractivity contribution in [2.24, 2.45) is 0 Å². The van der Waals surface area contributed by atoms with Gasteiger partial charge in [0.25, 0.3) is 0 Å². The third-order valence-corrected chi connectivity index (χ3v) is 5.39. The topological polar surface area (TPSA) is 12.0 Å². The van der Waals surface area contributed by atoms with Gasteiger partial charge in [0.1, 0.15) is 0 Å². The number of aryl methyl sites for hydroxylation is 1. The van der Waals surface area contributed by atoms with Crippen molar-refractivity contribution < 1.29 is 0 Å². The number of halogens is 1. The van der Waals surface area contributed by atoms with Gasteiger partial charge in [0.05, 0.1) is 0 Å². The molecule has 0 spiro atoms. The van der Waals surface area contributed by atoms with E-state index in [1.165, 1.54) is 20.5 Å². The molecule has 0 aliphatic rings. The van der Waals surface area contributed by atoms with Crippen molar-refractivity contribution in [3.63, 3.8) is 0 Å². The third kappa shape index (κ3) is 4.44. The van der Waals surface area contributed by atoms with E-state index in [0.29, 0.717) is 12.0 Å². The zero-order chi connectivity index (χ0) is 14.5. The lowest BCUT2D eigenvalue weighted by Crippen LogP contribution is -2.28. The number of thiophene rings is 1. The van der Waals surface area contributed by atoms with Gasteiger partial charge < -0.3 is 5.32 Å². The summed E-state index contributed by atoms with van der Waals surface area (Å²) in [4.78, 5) is 1.43. The molecule has 0 aliphatic carbocycles. The van der Waals surface area contributed by atoms with Crippen LogP contribution in [0.4, 0.5) is 0 Å². The predicted molar refractivity (Wildman–Crippen MR) is 92.8 cm³/mol. The molecule has 0 fully saturated rings. The third-order valence-electron chi connectivity index (χ3n) is 3.44. The molecule has 0 radical (unpaired) electrons. The molecule has 0 amide bonds. The second kappa shape index (κ2) is 7.39. The Bertz CT molecular complexity index is 530. The van der Waals surface area contributed by atoms with Crippen molar-refractivity contribution in [3.05, 3.63) is 56.2 Å². The molecule has 1 heterocycles. The van der Waals surface area contributed by atoms with Crippen LogP contribution in [-0.4, -0.2) is 12.6 Å². The number of rotatable bonds is 6. The Hall–Kier alpha value is -0.640. The Kier molecular flexibility index (Phi) is 5.82. The maximum Gasteiger partial charge on any atom is 0.0314 e. The number of nitrogens with one attached hydrogen (secondary N) is 1. The minimum Gasteiger partial charge on any atom is -0.314 e.